The second-order valence-electron chi connectivity index (χ2n) is 3.83. The van der Waals surface area contributed by atoms with Crippen LogP contribution in [-0.2, 0) is 6.54 Å². The van der Waals surface area contributed by atoms with E-state index in [1.165, 1.54) is 12.8 Å². The molecule has 1 N–H and O–H groups in total. The van der Waals surface area contributed by atoms with Crippen LogP contribution in [0.25, 0.3) is 0 Å². The van der Waals surface area contributed by atoms with Crippen molar-refractivity contribution in [3.05, 3.63) is 22.7 Å². The Labute approximate surface area is 108 Å². The van der Waals surface area contributed by atoms with Crippen molar-refractivity contribution in [3.63, 3.8) is 0 Å². The highest BCUT2D eigenvalue weighted by Crippen LogP contribution is 2.32. The lowest BCUT2D eigenvalue weighted by atomic mass is 10.2. The van der Waals surface area contributed by atoms with E-state index < -0.39 is 0 Å². The van der Waals surface area contributed by atoms with E-state index in [9.17, 15) is 0 Å². The summed E-state index contributed by atoms with van der Waals surface area (Å²) in [6.45, 7) is 3.92. The Morgan fingerprint density at radius 3 is 2.41 bits per heavy atom. The van der Waals surface area contributed by atoms with Crippen molar-refractivity contribution < 1.29 is 9.47 Å². The molecule has 0 saturated heterocycles. The number of nitrogens with one attached hydrogen (secondary N) is 1. The van der Waals surface area contributed by atoms with Gasteiger partial charge >= 0.3 is 0 Å². The third-order valence-electron chi connectivity index (χ3n) is 2.58. The van der Waals surface area contributed by atoms with E-state index >= 15 is 0 Å². The Kier molecular flexibility index (Phi) is 6.16. The molecule has 0 aromatic heterocycles. The van der Waals surface area contributed by atoms with Crippen LogP contribution in [-0.4, -0.2) is 20.8 Å². The van der Waals surface area contributed by atoms with E-state index in [1.54, 1.807) is 20.3 Å². The van der Waals surface area contributed by atoms with Crippen molar-refractivity contribution in [1.82, 2.24) is 5.32 Å². The second-order valence-corrected chi connectivity index (χ2v) is 4.24. The Hall–Kier alpha value is -0.930. The number of ether oxygens (including phenoxy) is 2. The van der Waals surface area contributed by atoms with Gasteiger partial charge in [0.1, 0.15) is 0 Å². The molecule has 0 bridgehead atoms. The third kappa shape index (κ3) is 4.10. The number of unbranched alkanes of at least 4 members (excludes halogenated alkanes) is 1. The minimum absolute atomic E-state index is 0.662. The number of hydrogen-bond acceptors (Lipinski definition) is 3. The molecule has 0 amide bonds. The zero-order valence-electron chi connectivity index (χ0n) is 10.7. The molecule has 0 spiro atoms. The minimum Gasteiger partial charge on any atom is -0.493 e. The first kappa shape index (κ1) is 14.1. The summed E-state index contributed by atoms with van der Waals surface area (Å²) in [5.41, 5.74) is 1.03. The summed E-state index contributed by atoms with van der Waals surface area (Å²) in [5, 5.41) is 4.05. The van der Waals surface area contributed by atoms with Gasteiger partial charge < -0.3 is 14.8 Å². The molecule has 0 radical (unpaired) electrons. The second kappa shape index (κ2) is 7.41. The molecule has 0 unspecified atom stereocenters. The minimum atomic E-state index is 0.662. The first-order chi connectivity index (χ1) is 8.22. The van der Waals surface area contributed by atoms with Crippen LogP contribution in [0.5, 0.6) is 11.5 Å². The number of hydrogen-bond donors (Lipinski definition) is 1. The topological polar surface area (TPSA) is 30.5 Å². The maximum atomic E-state index is 6.17. The van der Waals surface area contributed by atoms with Crippen LogP contribution in [0.2, 0.25) is 5.02 Å². The fourth-order valence-corrected chi connectivity index (χ4v) is 1.78. The van der Waals surface area contributed by atoms with Crippen molar-refractivity contribution in [3.8, 4) is 11.5 Å². The summed E-state index contributed by atoms with van der Waals surface area (Å²) in [6.07, 6.45) is 2.36. The van der Waals surface area contributed by atoms with Gasteiger partial charge in [-0.2, -0.15) is 0 Å². The lowest BCUT2D eigenvalue weighted by Crippen LogP contribution is -2.14. The fraction of sp³-hybridized carbons (Fsp3) is 0.538. The molecule has 0 atom stereocenters. The van der Waals surface area contributed by atoms with E-state index in [0.29, 0.717) is 16.5 Å². The van der Waals surface area contributed by atoms with Crippen LogP contribution < -0.4 is 14.8 Å². The molecule has 0 heterocycles. The molecule has 96 valence electrons. The monoisotopic (exact) mass is 257 g/mol. The Bertz CT molecular complexity index is 356. The predicted octanol–water partition coefficient (Wildman–Crippen LogP) is 3.25. The molecule has 0 saturated carbocycles. The van der Waals surface area contributed by atoms with Crippen LogP contribution in [0.3, 0.4) is 0 Å². The zero-order chi connectivity index (χ0) is 12.7. The standard InChI is InChI=1S/C13H20ClNO2/c1-4-5-6-15-9-10-7-12(16-2)13(17-3)8-11(10)14/h7-8,15H,4-6,9H2,1-3H3. The molecule has 0 aliphatic rings. The van der Waals surface area contributed by atoms with Gasteiger partial charge in [0.2, 0.25) is 0 Å². The highest BCUT2D eigenvalue weighted by atomic mass is 35.5. The molecule has 1 aromatic rings. The van der Waals surface area contributed by atoms with Crippen LogP contribution in [0.15, 0.2) is 12.1 Å². The average molecular weight is 258 g/mol. The summed E-state index contributed by atoms with van der Waals surface area (Å²) in [7, 11) is 3.23. The smallest absolute Gasteiger partial charge is 0.162 e. The largest absolute Gasteiger partial charge is 0.493 e. The highest BCUT2D eigenvalue weighted by Gasteiger charge is 2.09. The maximum Gasteiger partial charge on any atom is 0.162 e. The van der Waals surface area contributed by atoms with Gasteiger partial charge in [0.25, 0.3) is 0 Å². The zero-order valence-corrected chi connectivity index (χ0v) is 11.4. The molecular formula is C13H20ClNO2. The van der Waals surface area contributed by atoms with E-state index in [1.807, 2.05) is 6.07 Å². The van der Waals surface area contributed by atoms with E-state index in [-0.39, 0.29) is 0 Å². The summed E-state index contributed by atoms with van der Waals surface area (Å²) in [4.78, 5) is 0. The molecule has 0 aliphatic carbocycles. The maximum absolute atomic E-state index is 6.17. The van der Waals surface area contributed by atoms with Gasteiger partial charge in [0, 0.05) is 17.6 Å². The molecule has 17 heavy (non-hydrogen) atoms. The van der Waals surface area contributed by atoms with Gasteiger partial charge in [0.15, 0.2) is 11.5 Å². The Morgan fingerprint density at radius 1 is 1.18 bits per heavy atom. The number of halogens is 1. The number of methoxy groups -OCH3 is 2. The highest BCUT2D eigenvalue weighted by molar-refractivity contribution is 6.31. The van der Waals surface area contributed by atoms with Gasteiger partial charge in [-0.3, -0.25) is 0 Å². The van der Waals surface area contributed by atoms with Gasteiger partial charge in [-0.25, -0.2) is 0 Å². The third-order valence-corrected chi connectivity index (χ3v) is 2.93. The Morgan fingerprint density at radius 2 is 1.82 bits per heavy atom. The van der Waals surface area contributed by atoms with Gasteiger partial charge in [-0.1, -0.05) is 24.9 Å². The molecule has 0 aliphatic heterocycles. The van der Waals surface area contributed by atoms with Crippen LogP contribution in [0, 0.1) is 0 Å². The normalized spacial score (nSPS) is 10.4. The van der Waals surface area contributed by atoms with Gasteiger partial charge in [0.05, 0.1) is 14.2 Å². The fourth-order valence-electron chi connectivity index (χ4n) is 1.56. The van der Waals surface area contributed by atoms with Gasteiger partial charge in [-0.05, 0) is 24.6 Å². The van der Waals surface area contributed by atoms with Crippen molar-refractivity contribution in [2.24, 2.45) is 0 Å². The van der Waals surface area contributed by atoms with Crippen molar-refractivity contribution in [2.75, 3.05) is 20.8 Å². The van der Waals surface area contributed by atoms with Crippen molar-refractivity contribution in [1.29, 1.82) is 0 Å². The lowest BCUT2D eigenvalue weighted by Gasteiger charge is -2.12. The molecular weight excluding hydrogens is 238 g/mol. The van der Waals surface area contributed by atoms with Crippen molar-refractivity contribution in [2.45, 2.75) is 26.3 Å². The SMILES string of the molecule is CCCCNCc1cc(OC)c(OC)cc1Cl. The first-order valence-electron chi connectivity index (χ1n) is 5.84. The van der Waals surface area contributed by atoms with E-state index in [2.05, 4.69) is 12.2 Å². The summed E-state index contributed by atoms with van der Waals surface area (Å²) in [6, 6.07) is 3.71. The number of rotatable bonds is 7. The average Bonchev–Trinajstić information content (AvgIpc) is 2.35. The van der Waals surface area contributed by atoms with Crippen LogP contribution >= 0.6 is 11.6 Å². The van der Waals surface area contributed by atoms with E-state index in [0.717, 1.165) is 18.7 Å². The Balaban J connectivity index is 2.71. The quantitative estimate of drug-likeness (QED) is 0.761. The van der Waals surface area contributed by atoms with Gasteiger partial charge in [-0.15, -0.1) is 0 Å². The molecule has 1 rings (SSSR count). The van der Waals surface area contributed by atoms with Crippen molar-refractivity contribution >= 4 is 11.6 Å². The predicted molar refractivity (Wildman–Crippen MR) is 71.2 cm³/mol. The number of benzene rings is 1. The molecule has 4 heteroatoms. The lowest BCUT2D eigenvalue weighted by molar-refractivity contribution is 0.354. The molecule has 0 fully saturated rings. The van der Waals surface area contributed by atoms with Crippen LogP contribution in [0.1, 0.15) is 25.3 Å². The summed E-state index contributed by atoms with van der Waals surface area (Å²) < 4.78 is 10.4. The summed E-state index contributed by atoms with van der Waals surface area (Å²) >= 11 is 6.17. The molecule has 3 nitrogen and oxygen atoms in total. The summed E-state index contributed by atoms with van der Waals surface area (Å²) in [5.74, 6) is 1.37. The first-order valence-corrected chi connectivity index (χ1v) is 6.21. The van der Waals surface area contributed by atoms with Crippen LogP contribution in [0.4, 0.5) is 0 Å². The van der Waals surface area contributed by atoms with E-state index in [4.69, 9.17) is 21.1 Å². The molecule has 1 aromatic carbocycles.